The number of aromatic nitrogens is 2. The van der Waals surface area contributed by atoms with Crippen LogP contribution in [0.1, 0.15) is 18.4 Å². The van der Waals surface area contributed by atoms with E-state index in [0.717, 1.165) is 28.1 Å². The number of carbonyl (C=O) groups is 1. The molecule has 2 N–H and O–H groups in total. The van der Waals surface area contributed by atoms with E-state index in [1.165, 1.54) is 0 Å². The number of benzene rings is 1. The summed E-state index contributed by atoms with van der Waals surface area (Å²) in [6.07, 6.45) is 6.31. The van der Waals surface area contributed by atoms with Gasteiger partial charge in [-0.25, -0.2) is 4.98 Å². The van der Waals surface area contributed by atoms with Gasteiger partial charge in [0, 0.05) is 29.6 Å². The maximum absolute atomic E-state index is 12.1. The Morgan fingerprint density at radius 1 is 1.28 bits per heavy atom. The number of H-pyrrole nitrogens is 1. The first-order valence-corrected chi connectivity index (χ1v) is 8.14. The number of carbonyl (C=O) groups excluding carboxylic acids is 1. The molecule has 0 spiro atoms. The normalized spacial score (nSPS) is 17.0. The van der Waals surface area contributed by atoms with Gasteiger partial charge >= 0.3 is 0 Å². The second-order valence-electron chi connectivity index (χ2n) is 6.13. The van der Waals surface area contributed by atoms with Gasteiger partial charge in [0.05, 0.1) is 6.04 Å². The molecule has 126 valence electrons. The summed E-state index contributed by atoms with van der Waals surface area (Å²) in [6.45, 7) is 4.17. The van der Waals surface area contributed by atoms with Gasteiger partial charge in [0.15, 0.2) is 0 Å². The summed E-state index contributed by atoms with van der Waals surface area (Å²) in [6, 6.07) is 5.60. The van der Waals surface area contributed by atoms with Gasteiger partial charge in [-0.1, -0.05) is 12.7 Å². The van der Waals surface area contributed by atoms with Gasteiger partial charge in [0.25, 0.3) is 5.56 Å². The van der Waals surface area contributed by atoms with Crippen molar-refractivity contribution < 1.29 is 9.53 Å². The average Bonchev–Trinajstić information content (AvgIpc) is 3.04. The summed E-state index contributed by atoms with van der Waals surface area (Å²) in [5, 5.41) is 5.98. The SMILES string of the molecule is C=Cc1c[nH]c(=O)c2cc3ccnc(OC[C@@H]4CCC(=O)N4)c3cc12. The molecule has 3 aromatic rings. The van der Waals surface area contributed by atoms with Crippen LogP contribution in [-0.4, -0.2) is 28.5 Å². The highest BCUT2D eigenvalue weighted by Gasteiger charge is 2.21. The minimum absolute atomic E-state index is 0.0107. The Morgan fingerprint density at radius 3 is 2.92 bits per heavy atom. The van der Waals surface area contributed by atoms with E-state index in [4.69, 9.17) is 4.74 Å². The molecule has 1 aromatic carbocycles. The smallest absolute Gasteiger partial charge is 0.255 e. The van der Waals surface area contributed by atoms with E-state index in [1.807, 2.05) is 18.2 Å². The topological polar surface area (TPSA) is 84.1 Å². The number of nitrogens with one attached hydrogen (secondary N) is 2. The number of aromatic amines is 1. The maximum Gasteiger partial charge on any atom is 0.255 e. The lowest BCUT2D eigenvalue weighted by atomic mass is 10.0. The lowest BCUT2D eigenvalue weighted by Crippen LogP contribution is -2.31. The van der Waals surface area contributed by atoms with Gasteiger partial charge < -0.3 is 15.0 Å². The zero-order valence-electron chi connectivity index (χ0n) is 13.5. The number of rotatable bonds is 4. The zero-order chi connectivity index (χ0) is 17.4. The van der Waals surface area contributed by atoms with Gasteiger partial charge in [-0.2, -0.15) is 0 Å². The van der Waals surface area contributed by atoms with Crippen LogP contribution in [0.5, 0.6) is 5.88 Å². The van der Waals surface area contributed by atoms with E-state index < -0.39 is 0 Å². The third-order valence-corrected chi connectivity index (χ3v) is 4.51. The van der Waals surface area contributed by atoms with Crippen molar-refractivity contribution in [1.82, 2.24) is 15.3 Å². The molecule has 2 aromatic heterocycles. The van der Waals surface area contributed by atoms with Crippen molar-refractivity contribution in [3.8, 4) is 5.88 Å². The number of amides is 1. The van der Waals surface area contributed by atoms with Crippen LogP contribution in [0.2, 0.25) is 0 Å². The van der Waals surface area contributed by atoms with Crippen LogP contribution in [-0.2, 0) is 4.79 Å². The predicted molar refractivity (Wildman–Crippen MR) is 96.6 cm³/mol. The van der Waals surface area contributed by atoms with E-state index in [1.54, 1.807) is 18.5 Å². The fourth-order valence-electron chi connectivity index (χ4n) is 3.19. The summed E-state index contributed by atoms with van der Waals surface area (Å²) < 4.78 is 5.87. The molecule has 1 aliphatic rings. The largest absolute Gasteiger partial charge is 0.475 e. The van der Waals surface area contributed by atoms with Crippen molar-refractivity contribution >= 4 is 33.5 Å². The summed E-state index contributed by atoms with van der Waals surface area (Å²) in [4.78, 5) is 30.5. The number of hydrogen-bond donors (Lipinski definition) is 2. The number of pyridine rings is 2. The Kier molecular flexibility index (Phi) is 3.72. The van der Waals surface area contributed by atoms with Gasteiger partial charge in [0.2, 0.25) is 11.8 Å². The molecule has 0 bridgehead atoms. The van der Waals surface area contributed by atoms with Gasteiger partial charge in [-0.15, -0.1) is 0 Å². The zero-order valence-corrected chi connectivity index (χ0v) is 13.5. The van der Waals surface area contributed by atoms with Crippen LogP contribution >= 0.6 is 0 Å². The fourth-order valence-corrected chi connectivity index (χ4v) is 3.19. The molecule has 0 saturated carbocycles. The van der Waals surface area contributed by atoms with Crippen molar-refractivity contribution in [2.75, 3.05) is 6.61 Å². The number of nitrogens with zero attached hydrogens (tertiary/aromatic N) is 1. The van der Waals surface area contributed by atoms with E-state index in [2.05, 4.69) is 21.9 Å². The van der Waals surface area contributed by atoms with Gasteiger partial charge in [-0.3, -0.25) is 9.59 Å². The van der Waals surface area contributed by atoms with Crippen LogP contribution in [0.15, 0.2) is 42.0 Å². The lowest BCUT2D eigenvalue weighted by Gasteiger charge is -2.13. The van der Waals surface area contributed by atoms with Crippen molar-refractivity contribution in [2.45, 2.75) is 18.9 Å². The summed E-state index contributed by atoms with van der Waals surface area (Å²) in [7, 11) is 0. The van der Waals surface area contributed by atoms with E-state index in [9.17, 15) is 9.59 Å². The van der Waals surface area contributed by atoms with Crippen LogP contribution in [0.25, 0.3) is 27.6 Å². The quantitative estimate of drug-likeness (QED) is 0.717. The fraction of sp³-hybridized carbons (Fsp3) is 0.211. The molecular formula is C19H17N3O3. The third kappa shape index (κ3) is 2.76. The molecule has 1 fully saturated rings. The van der Waals surface area contributed by atoms with Crippen LogP contribution < -0.4 is 15.6 Å². The minimum atomic E-state index is -0.143. The highest BCUT2D eigenvalue weighted by molar-refractivity contribution is 6.02. The molecule has 1 atom stereocenters. The molecule has 0 aliphatic carbocycles. The Labute approximate surface area is 143 Å². The number of fused-ring (bicyclic) bond motifs is 2. The summed E-state index contributed by atoms with van der Waals surface area (Å²) in [5.74, 6) is 0.552. The first kappa shape index (κ1) is 15.4. The van der Waals surface area contributed by atoms with E-state index in [-0.39, 0.29) is 17.5 Å². The molecule has 6 heteroatoms. The van der Waals surface area contributed by atoms with Crippen molar-refractivity contribution in [1.29, 1.82) is 0 Å². The van der Waals surface area contributed by atoms with Gasteiger partial charge in [-0.05, 0) is 41.0 Å². The first-order valence-electron chi connectivity index (χ1n) is 8.14. The molecule has 4 rings (SSSR count). The number of ether oxygens (including phenoxy) is 1. The molecule has 1 amide bonds. The predicted octanol–water partition coefficient (Wildman–Crippen LogP) is 2.38. The Balaban J connectivity index is 1.78. The molecule has 25 heavy (non-hydrogen) atoms. The molecular weight excluding hydrogens is 318 g/mol. The Hall–Kier alpha value is -3.15. The highest BCUT2D eigenvalue weighted by Crippen LogP contribution is 2.29. The molecule has 0 radical (unpaired) electrons. The van der Waals surface area contributed by atoms with Crippen LogP contribution in [0, 0.1) is 0 Å². The molecule has 6 nitrogen and oxygen atoms in total. The monoisotopic (exact) mass is 335 g/mol. The highest BCUT2D eigenvalue weighted by atomic mass is 16.5. The second kappa shape index (κ2) is 6.05. The Bertz CT molecular complexity index is 1050. The minimum Gasteiger partial charge on any atom is -0.475 e. The van der Waals surface area contributed by atoms with E-state index >= 15 is 0 Å². The second-order valence-corrected chi connectivity index (χ2v) is 6.13. The standard InChI is InChI=1S/C19H17N3O3/c1-2-11-9-21-18(24)16-7-12-5-6-20-19(15(12)8-14(11)16)25-10-13-3-4-17(23)22-13/h2,5-9,13H,1,3-4,10H2,(H,21,24)(H,22,23)/t13-/m0/s1. The lowest BCUT2D eigenvalue weighted by molar-refractivity contribution is -0.119. The van der Waals surface area contributed by atoms with Crippen molar-refractivity contribution in [3.05, 3.63) is 53.1 Å². The average molecular weight is 335 g/mol. The van der Waals surface area contributed by atoms with Crippen LogP contribution in [0.3, 0.4) is 0 Å². The third-order valence-electron chi connectivity index (χ3n) is 4.51. The van der Waals surface area contributed by atoms with E-state index in [0.29, 0.717) is 24.3 Å². The van der Waals surface area contributed by atoms with Crippen LogP contribution in [0.4, 0.5) is 0 Å². The maximum atomic E-state index is 12.1. The van der Waals surface area contributed by atoms with Crippen molar-refractivity contribution in [2.24, 2.45) is 0 Å². The van der Waals surface area contributed by atoms with Gasteiger partial charge in [0.1, 0.15) is 6.61 Å². The van der Waals surface area contributed by atoms with Crippen molar-refractivity contribution in [3.63, 3.8) is 0 Å². The molecule has 0 unspecified atom stereocenters. The Morgan fingerprint density at radius 2 is 2.16 bits per heavy atom. The molecule has 1 saturated heterocycles. The molecule has 1 aliphatic heterocycles. The summed E-state index contributed by atoms with van der Waals surface area (Å²) in [5.41, 5.74) is 0.699. The summed E-state index contributed by atoms with van der Waals surface area (Å²) >= 11 is 0. The first-order chi connectivity index (χ1) is 12.2. The number of hydrogen-bond acceptors (Lipinski definition) is 4. The molecule has 3 heterocycles.